The molecule has 0 bridgehead atoms. The van der Waals surface area contributed by atoms with E-state index in [1.54, 1.807) is 6.07 Å². The quantitative estimate of drug-likeness (QED) is 0.790. The molecule has 0 spiro atoms. The SMILES string of the molecule is CCc1c(Cl)ncnc1Oc1ccc(Cl)c(F)c1. The lowest BCUT2D eigenvalue weighted by Crippen LogP contribution is -1.97. The molecule has 18 heavy (non-hydrogen) atoms. The Bertz CT molecular complexity index is 578. The number of rotatable bonds is 3. The molecule has 0 aliphatic rings. The Morgan fingerprint density at radius 1 is 1.28 bits per heavy atom. The number of hydrogen-bond acceptors (Lipinski definition) is 3. The molecule has 2 rings (SSSR count). The number of nitrogens with zero attached hydrogens (tertiary/aromatic N) is 2. The predicted octanol–water partition coefficient (Wildman–Crippen LogP) is 4.28. The largest absolute Gasteiger partial charge is 0.438 e. The van der Waals surface area contributed by atoms with Gasteiger partial charge in [0.25, 0.3) is 0 Å². The number of hydrogen-bond donors (Lipinski definition) is 0. The molecule has 3 nitrogen and oxygen atoms in total. The lowest BCUT2D eigenvalue weighted by Gasteiger charge is -2.09. The first-order valence-electron chi connectivity index (χ1n) is 5.24. The zero-order valence-electron chi connectivity index (χ0n) is 9.45. The van der Waals surface area contributed by atoms with E-state index < -0.39 is 5.82 Å². The zero-order chi connectivity index (χ0) is 13.1. The monoisotopic (exact) mass is 286 g/mol. The molecule has 0 unspecified atom stereocenters. The van der Waals surface area contributed by atoms with Gasteiger partial charge in [-0.3, -0.25) is 0 Å². The summed E-state index contributed by atoms with van der Waals surface area (Å²) in [7, 11) is 0. The standard InChI is InChI=1S/C12H9Cl2FN2O/c1-2-8-11(14)16-6-17-12(8)18-7-3-4-9(13)10(15)5-7/h3-6H,2H2,1H3. The van der Waals surface area contributed by atoms with E-state index in [9.17, 15) is 4.39 Å². The van der Waals surface area contributed by atoms with Crippen molar-refractivity contribution < 1.29 is 9.13 Å². The van der Waals surface area contributed by atoms with Crippen LogP contribution in [0.5, 0.6) is 11.6 Å². The average molecular weight is 287 g/mol. The van der Waals surface area contributed by atoms with Gasteiger partial charge in [-0.05, 0) is 18.6 Å². The van der Waals surface area contributed by atoms with E-state index in [0.29, 0.717) is 28.8 Å². The van der Waals surface area contributed by atoms with E-state index in [-0.39, 0.29) is 5.02 Å². The summed E-state index contributed by atoms with van der Waals surface area (Å²) >= 11 is 11.5. The van der Waals surface area contributed by atoms with Crippen LogP contribution >= 0.6 is 23.2 Å². The second-order valence-corrected chi connectivity index (χ2v) is 4.24. The van der Waals surface area contributed by atoms with Gasteiger partial charge >= 0.3 is 0 Å². The van der Waals surface area contributed by atoms with Crippen LogP contribution in [0, 0.1) is 5.82 Å². The van der Waals surface area contributed by atoms with Crippen LogP contribution in [0.2, 0.25) is 10.2 Å². The molecule has 1 heterocycles. The van der Waals surface area contributed by atoms with Crippen molar-refractivity contribution in [2.24, 2.45) is 0 Å². The number of aromatic nitrogens is 2. The molecule has 0 atom stereocenters. The summed E-state index contributed by atoms with van der Waals surface area (Å²) in [6.07, 6.45) is 1.91. The minimum absolute atomic E-state index is 0.0405. The van der Waals surface area contributed by atoms with E-state index in [1.165, 1.54) is 18.5 Å². The summed E-state index contributed by atoms with van der Waals surface area (Å²) in [5.41, 5.74) is 0.675. The lowest BCUT2D eigenvalue weighted by atomic mass is 10.2. The van der Waals surface area contributed by atoms with Gasteiger partial charge in [-0.15, -0.1) is 0 Å². The van der Waals surface area contributed by atoms with Gasteiger partial charge in [-0.25, -0.2) is 14.4 Å². The maximum atomic E-state index is 13.3. The van der Waals surface area contributed by atoms with Gasteiger partial charge in [0.2, 0.25) is 5.88 Å². The van der Waals surface area contributed by atoms with Crippen molar-refractivity contribution in [3.63, 3.8) is 0 Å². The maximum Gasteiger partial charge on any atom is 0.226 e. The summed E-state index contributed by atoms with van der Waals surface area (Å²) in [5, 5.41) is 0.371. The van der Waals surface area contributed by atoms with Crippen LogP contribution in [0.3, 0.4) is 0 Å². The Balaban J connectivity index is 2.34. The van der Waals surface area contributed by atoms with Crippen LogP contribution in [0.15, 0.2) is 24.5 Å². The fourth-order valence-electron chi connectivity index (χ4n) is 1.41. The minimum Gasteiger partial charge on any atom is -0.438 e. The van der Waals surface area contributed by atoms with Gasteiger partial charge in [0.1, 0.15) is 23.0 Å². The normalized spacial score (nSPS) is 10.4. The molecule has 0 aliphatic heterocycles. The summed E-state index contributed by atoms with van der Waals surface area (Å²) < 4.78 is 18.8. The van der Waals surface area contributed by atoms with Crippen LogP contribution in [-0.2, 0) is 6.42 Å². The van der Waals surface area contributed by atoms with Crippen molar-refractivity contribution in [1.82, 2.24) is 9.97 Å². The Hall–Kier alpha value is -1.39. The van der Waals surface area contributed by atoms with Crippen molar-refractivity contribution in [1.29, 1.82) is 0 Å². The predicted molar refractivity (Wildman–Crippen MR) is 67.9 cm³/mol. The van der Waals surface area contributed by atoms with Crippen LogP contribution in [0.25, 0.3) is 0 Å². The molecule has 0 aliphatic carbocycles. The number of halogens is 3. The second kappa shape index (κ2) is 5.50. The van der Waals surface area contributed by atoms with Crippen molar-refractivity contribution in [2.75, 3.05) is 0 Å². The van der Waals surface area contributed by atoms with E-state index in [0.717, 1.165) is 0 Å². The average Bonchev–Trinajstić information content (AvgIpc) is 2.34. The highest BCUT2D eigenvalue weighted by Gasteiger charge is 2.11. The van der Waals surface area contributed by atoms with Crippen LogP contribution in [0.1, 0.15) is 12.5 Å². The van der Waals surface area contributed by atoms with Crippen LogP contribution in [-0.4, -0.2) is 9.97 Å². The van der Waals surface area contributed by atoms with E-state index in [4.69, 9.17) is 27.9 Å². The minimum atomic E-state index is -0.549. The molecule has 0 amide bonds. The summed E-state index contributed by atoms with van der Waals surface area (Å²) in [5.74, 6) is 0.0768. The van der Waals surface area contributed by atoms with Gasteiger partial charge in [-0.1, -0.05) is 30.1 Å². The Kier molecular flexibility index (Phi) is 3.99. The molecule has 1 aromatic heterocycles. The van der Waals surface area contributed by atoms with Gasteiger partial charge in [0, 0.05) is 6.07 Å². The fraction of sp³-hybridized carbons (Fsp3) is 0.167. The Labute approximate surface area is 114 Å². The molecule has 2 aromatic rings. The first-order valence-corrected chi connectivity index (χ1v) is 5.99. The first-order chi connectivity index (χ1) is 8.61. The highest BCUT2D eigenvalue weighted by Crippen LogP contribution is 2.28. The second-order valence-electron chi connectivity index (χ2n) is 3.48. The van der Waals surface area contributed by atoms with Gasteiger partial charge in [-0.2, -0.15) is 0 Å². The van der Waals surface area contributed by atoms with Gasteiger partial charge in [0.15, 0.2) is 0 Å². The molecule has 0 fully saturated rings. The number of benzene rings is 1. The summed E-state index contributed by atoms with van der Waals surface area (Å²) in [6.45, 7) is 1.90. The third-order valence-corrected chi connectivity index (χ3v) is 2.94. The molecule has 1 aromatic carbocycles. The molecule has 0 N–H and O–H groups in total. The molecular weight excluding hydrogens is 278 g/mol. The summed E-state index contributed by atoms with van der Waals surface area (Å²) in [4.78, 5) is 7.85. The van der Waals surface area contributed by atoms with Crippen molar-refractivity contribution in [3.8, 4) is 11.6 Å². The van der Waals surface area contributed by atoms with Crippen molar-refractivity contribution in [2.45, 2.75) is 13.3 Å². The fourth-order valence-corrected chi connectivity index (χ4v) is 1.79. The van der Waals surface area contributed by atoms with E-state index in [2.05, 4.69) is 9.97 Å². The summed E-state index contributed by atoms with van der Waals surface area (Å²) in [6, 6.07) is 4.17. The van der Waals surface area contributed by atoms with Crippen LogP contribution < -0.4 is 4.74 Å². The molecule has 94 valence electrons. The third kappa shape index (κ3) is 2.71. The van der Waals surface area contributed by atoms with E-state index >= 15 is 0 Å². The third-order valence-electron chi connectivity index (χ3n) is 2.31. The van der Waals surface area contributed by atoms with E-state index in [1.807, 2.05) is 6.92 Å². The first kappa shape index (κ1) is 13.1. The smallest absolute Gasteiger partial charge is 0.226 e. The molecule has 0 radical (unpaired) electrons. The highest BCUT2D eigenvalue weighted by molar-refractivity contribution is 6.30. The maximum absolute atomic E-state index is 13.3. The van der Waals surface area contributed by atoms with Crippen molar-refractivity contribution in [3.05, 3.63) is 46.1 Å². The Morgan fingerprint density at radius 3 is 2.72 bits per heavy atom. The highest BCUT2D eigenvalue weighted by atomic mass is 35.5. The van der Waals surface area contributed by atoms with Crippen LogP contribution in [0.4, 0.5) is 4.39 Å². The zero-order valence-corrected chi connectivity index (χ0v) is 11.0. The molecule has 0 saturated heterocycles. The molecule has 6 heteroatoms. The molecule has 0 saturated carbocycles. The molecular formula is C12H9Cl2FN2O. The Morgan fingerprint density at radius 2 is 2.06 bits per heavy atom. The lowest BCUT2D eigenvalue weighted by molar-refractivity contribution is 0.450. The van der Waals surface area contributed by atoms with Crippen molar-refractivity contribution >= 4 is 23.2 Å². The van der Waals surface area contributed by atoms with Gasteiger partial charge < -0.3 is 4.74 Å². The topological polar surface area (TPSA) is 35.0 Å². The van der Waals surface area contributed by atoms with Gasteiger partial charge in [0.05, 0.1) is 10.6 Å². The number of ether oxygens (including phenoxy) is 1.